The molecule has 2 rings (SSSR count). The molecular weight excluding hydrogens is 256 g/mol. The predicted octanol–water partition coefficient (Wildman–Crippen LogP) is 1.53. The van der Waals surface area contributed by atoms with Crippen molar-refractivity contribution in [3.8, 4) is 0 Å². The van der Waals surface area contributed by atoms with E-state index < -0.39 is 4.92 Å². The highest BCUT2D eigenvalue weighted by Crippen LogP contribution is 2.24. The third-order valence-corrected chi connectivity index (χ3v) is 3.51. The number of nitro groups is 1. The molecule has 0 unspecified atom stereocenters. The normalized spacial score (nSPS) is 16.1. The summed E-state index contributed by atoms with van der Waals surface area (Å²) in [5, 5.41) is 10.6. The second kappa shape index (κ2) is 5.74. The van der Waals surface area contributed by atoms with Crippen molar-refractivity contribution < 1.29 is 14.5 Å². The van der Waals surface area contributed by atoms with Crippen LogP contribution in [0.2, 0.25) is 0 Å². The standard InChI is InChI=1S/C11H12N2O4S/c14-10(12-5-7-17-8-6-12)3-1-9-2-4-11(18-9)13(15)16/h1-4H,5-8H2/b3-1+. The summed E-state index contributed by atoms with van der Waals surface area (Å²) in [6.07, 6.45) is 3.05. The first-order valence-electron chi connectivity index (χ1n) is 5.46. The van der Waals surface area contributed by atoms with Gasteiger partial charge >= 0.3 is 5.00 Å². The number of hydrogen-bond donors (Lipinski definition) is 0. The average molecular weight is 268 g/mol. The molecule has 18 heavy (non-hydrogen) atoms. The molecule has 1 fully saturated rings. The van der Waals surface area contributed by atoms with Crippen molar-refractivity contribution in [3.05, 3.63) is 33.2 Å². The highest BCUT2D eigenvalue weighted by Gasteiger charge is 2.14. The fourth-order valence-electron chi connectivity index (χ4n) is 1.57. The molecule has 7 heteroatoms. The lowest BCUT2D eigenvalue weighted by atomic mass is 10.3. The minimum Gasteiger partial charge on any atom is -0.378 e. The maximum absolute atomic E-state index is 11.8. The predicted molar refractivity (Wildman–Crippen MR) is 67.4 cm³/mol. The summed E-state index contributed by atoms with van der Waals surface area (Å²) in [7, 11) is 0. The monoisotopic (exact) mass is 268 g/mol. The zero-order valence-electron chi connectivity index (χ0n) is 9.57. The molecule has 0 bridgehead atoms. The summed E-state index contributed by atoms with van der Waals surface area (Å²) >= 11 is 1.05. The van der Waals surface area contributed by atoms with Gasteiger partial charge in [-0.2, -0.15) is 0 Å². The molecule has 1 aromatic heterocycles. The fourth-order valence-corrected chi connectivity index (χ4v) is 2.30. The van der Waals surface area contributed by atoms with Crippen molar-refractivity contribution in [2.75, 3.05) is 26.3 Å². The molecule has 0 spiro atoms. The number of amides is 1. The highest BCUT2D eigenvalue weighted by atomic mass is 32.1. The van der Waals surface area contributed by atoms with Crippen molar-refractivity contribution in [2.45, 2.75) is 0 Å². The van der Waals surface area contributed by atoms with Gasteiger partial charge in [0.2, 0.25) is 5.91 Å². The minimum absolute atomic E-state index is 0.0773. The van der Waals surface area contributed by atoms with Crippen LogP contribution in [0.5, 0.6) is 0 Å². The largest absolute Gasteiger partial charge is 0.378 e. The van der Waals surface area contributed by atoms with Crippen LogP contribution in [0.25, 0.3) is 6.08 Å². The molecule has 1 saturated heterocycles. The first-order valence-corrected chi connectivity index (χ1v) is 6.27. The number of nitrogens with zero attached hydrogens (tertiary/aromatic N) is 2. The smallest absolute Gasteiger partial charge is 0.324 e. The molecule has 0 atom stereocenters. The van der Waals surface area contributed by atoms with Gasteiger partial charge in [-0.25, -0.2) is 0 Å². The quantitative estimate of drug-likeness (QED) is 0.473. The summed E-state index contributed by atoms with van der Waals surface area (Å²) in [6.45, 7) is 2.30. The van der Waals surface area contributed by atoms with E-state index in [-0.39, 0.29) is 10.9 Å². The van der Waals surface area contributed by atoms with Gasteiger partial charge in [-0.15, -0.1) is 0 Å². The minimum atomic E-state index is -0.439. The van der Waals surface area contributed by atoms with Gasteiger partial charge in [-0.1, -0.05) is 11.3 Å². The molecule has 0 aliphatic carbocycles. The van der Waals surface area contributed by atoms with E-state index in [9.17, 15) is 14.9 Å². The van der Waals surface area contributed by atoms with E-state index in [0.717, 1.165) is 11.3 Å². The van der Waals surface area contributed by atoms with Gasteiger partial charge in [0.05, 0.1) is 18.1 Å². The molecule has 96 valence electrons. The SMILES string of the molecule is O=C(/C=C/c1ccc([N+](=O)[O-])s1)N1CCOCC1. The second-order valence-corrected chi connectivity index (χ2v) is 4.80. The van der Waals surface area contributed by atoms with Crippen molar-refractivity contribution in [1.82, 2.24) is 4.90 Å². The van der Waals surface area contributed by atoms with E-state index in [1.807, 2.05) is 0 Å². The van der Waals surface area contributed by atoms with E-state index >= 15 is 0 Å². The molecule has 0 N–H and O–H groups in total. The number of thiophene rings is 1. The molecule has 1 aliphatic rings. The molecule has 1 amide bonds. The molecule has 0 saturated carbocycles. The van der Waals surface area contributed by atoms with Crippen molar-refractivity contribution in [1.29, 1.82) is 0 Å². The van der Waals surface area contributed by atoms with E-state index in [0.29, 0.717) is 31.2 Å². The topological polar surface area (TPSA) is 72.7 Å². The van der Waals surface area contributed by atoms with Crippen molar-refractivity contribution in [3.63, 3.8) is 0 Å². The first kappa shape index (κ1) is 12.7. The van der Waals surface area contributed by atoms with E-state index in [2.05, 4.69) is 0 Å². The van der Waals surface area contributed by atoms with Crippen LogP contribution in [0.3, 0.4) is 0 Å². The van der Waals surface area contributed by atoms with Gasteiger partial charge in [-0.05, 0) is 12.1 Å². The third-order valence-electron chi connectivity index (χ3n) is 2.51. The zero-order valence-corrected chi connectivity index (χ0v) is 10.4. The third kappa shape index (κ3) is 3.14. The number of hydrogen-bond acceptors (Lipinski definition) is 5. The summed E-state index contributed by atoms with van der Waals surface area (Å²) in [5.41, 5.74) is 0. The Balaban J connectivity index is 1.96. The number of carbonyl (C=O) groups excluding carboxylic acids is 1. The lowest BCUT2D eigenvalue weighted by molar-refractivity contribution is -0.380. The Bertz CT molecular complexity index is 477. The summed E-state index contributed by atoms with van der Waals surface area (Å²) in [6, 6.07) is 3.06. The Hall–Kier alpha value is -1.73. The Morgan fingerprint density at radius 1 is 1.44 bits per heavy atom. The van der Waals surface area contributed by atoms with Crippen LogP contribution in [0, 0.1) is 10.1 Å². The Morgan fingerprint density at radius 2 is 2.17 bits per heavy atom. The lowest BCUT2D eigenvalue weighted by Gasteiger charge is -2.25. The molecule has 2 heterocycles. The number of ether oxygens (including phenoxy) is 1. The van der Waals surface area contributed by atoms with Crippen molar-refractivity contribution in [2.24, 2.45) is 0 Å². The maximum Gasteiger partial charge on any atom is 0.324 e. The first-order chi connectivity index (χ1) is 8.66. The number of carbonyl (C=O) groups is 1. The fraction of sp³-hybridized carbons (Fsp3) is 0.364. The average Bonchev–Trinajstić information content (AvgIpc) is 2.86. The Morgan fingerprint density at radius 3 is 2.78 bits per heavy atom. The molecule has 0 aromatic carbocycles. The van der Waals surface area contributed by atoms with E-state index in [1.165, 1.54) is 12.1 Å². The van der Waals surface area contributed by atoms with Gasteiger partial charge < -0.3 is 9.64 Å². The molecule has 0 radical (unpaired) electrons. The summed E-state index contributed by atoms with van der Waals surface area (Å²) in [5.74, 6) is -0.0886. The van der Waals surface area contributed by atoms with Gasteiger partial charge in [0.25, 0.3) is 0 Å². The Kier molecular flexibility index (Phi) is 4.06. The number of morpholine rings is 1. The van der Waals surface area contributed by atoms with Gasteiger partial charge in [-0.3, -0.25) is 14.9 Å². The van der Waals surface area contributed by atoms with Crippen LogP contribution in [0.15, 0.2) is 18.2 Å². The Labute approximate surface area is 108 Å². The van der Waals surface area contributed by atoms with E-state index in [1.54, 1.807) is 17.0 Å². The molecular formula is C11H12N2O4S. The lowest BCUT2D eigenvalue weighted by Crippen LogP contribution is -2.39. The van der Waals surface area contributed by atoms with E-state index in [4.69, 9.17) is 4.74 Å². The number of rotatable bonds is 3. The van der Waals surface area contributed by atoms with Crippen LogP contribution >= 0.6 is 11.3 Å². The van der Waals surface area contributed by atoms with Crippen LogP contribution in [0.1, 0.15) is 4.88 Å². The van der Waals surface area contributed by atoms with Crippen LogP contribution in [-0.2, 0) is 9.53 Å². The molecule has 1 aromatic rings. The maximum atomic E-state index is 11.8. The summed E-state index contributed by atoms with van der Waals surface area (Å²) in [4.78, 5) is 24.2. The van der Waals surface area contributed by atoms with Crippen molar-refractivity contribution >= 4 is 28.3 Å². The zero-order chi connectivity index (χ0) is 13.0. The van der Waals surface area contributed by atoms with Gasteiger partial charge in [0, 0.05) is 30.1 Å². The second-order valence-electron chi connectivity index (χ2n) is 3.70. The highest BCUT2D eigenvalue weighted by molar-refractivity contribution is 7.16. The molecule has 1 aliphatic heterocycles. The van der Waals surface area contributed by atoms with Crippen LogP contribution < -0.4 is 0 Å². The van der Waals surface area contributed by atoms with Gasteiger partial charge in [0.15, 0.2) is 0 Å². The molecule has 6 nitrogen and oxygen atoms in total. The van der Waals surface area contributed by atoms with Crippen LogP contribution in [0.4, 0.5) is 5.00 Å². The van der Waals surface area contributed by atoms with Crippen LogP contribution in [-0.4, -0.2) is 42.0 Å². The van der Waals surface area contributed by atoms with Gasteiger partial charge in [0.1, 0.15) is 0 Å². The summed E-state index contributed by atoms with van der Waals surface area (Å²) < 4.78 is 5.15.